The fraction of sp³-hybridized carbons (Fsp3) is 0.133. The predicted molar refractivity (Wildman–Crippen MR) is 82.5 cm³/mol. The van der Waals surface area contributed by atoms with Crippen molar-refractivity contribution in [2.45, 2.75) is 13.8 Å². The van der Waals surface area contributed by atoms with Gasteiger partial charge in [-0.15, -0.1) is 0 Å². The van der Waals surface area contributed by atoms with Crippen LogP contribution in [0.5, 0.6) is 5.75 Å². The number of pyridine rings is 1. The second-order valence-corrected chi connectivity index (χ2v) is 5.12. The molecule has 0 radical (unpaired) electrons. The quantitative estimate of drug-likeness (QED) is 0.744. The average molecular weight is 315 g/mol. The number of phenols is 1. The van der Waals surface area contributed by atoms with Crippen LogP contribution in [-0.2, 0) is 0 Å². The highest BCUT2D eigenvalue weighted by atomic mass is 35.5. The first-order chi connectivity index (χ1) is 10.3. The van der Waals surface area contributed by atoms with E-state index in [4.69, 9.17) is 17.3 Å². The number of H-pyrrole nitrogens is 1. The highest BCUT2D eigenvalue weighted by Crippen LogP contribution is 2.41. The summed E-state index contributed by atoms with van der Waals surface area (Å²) in [6.45, 7) is 3.34. The van der Waals surface area contributed by atoms with E-state index in [0.29, 0.717) is 16.1 Å². The molecule has 7 heteroatoms. The van der Waals surface area contributed by atoms with Crippen molar-refractivity contribution in [1.29, 1.82) is 10.5 Å². The number of aryl methyl sites for hydroxylation is 1. The molecule has 0 aliphatic rings. The van der Waals surface area contributed by atoms with Crippen LogP contribution in [0.2, 0.25) is 5.02 Å². The number of aromatic hydroxyl groups is 1. The van der Waals surface area contributed by atoms with Crippen LogP contribution in [0.25, 0.3) is 11.1 Å². The van der Waals surface area contributed by atoms with Crippen LogP contribution in [-0.4, -0.2) is 10.1 Å². The average Bonchev–Trinajstić information content (AvgIpc) is 2.45. The number of phenolic OH excluding ortho intramolecular Hbond substituents is 1. The maximum atomic E-state index is 11.9. The lowest BCUT2D eigenvalue weighted by molar-refractivity contribution is 0.476. The van der Waals surface area contributed by atoms with Crippen molar-refractivity contribution in [3.63, 3.8) is 0 Å². The van der Waals surface area contributed by atoms with Crippen molar-refractivity contribution in [2.24, 2.45) is 0 Å². The zero-order chi connectivity index (χ0) is 16.6. The smallest absolute Gasteiger partial charge is 0.268 e. The van der Waals surface area contributed by atoms with Crippen molar-refractivity contribution >= 4 is 17.4 Å². The van der Waals surface area contributed by atoms with Gasteiger partial charge >= 0.3 is 0 Å². The molecule has 0 aliphatic carbocycles. The molecule has 2 rings (SSSR count). The summed E-state index contributed by atoms with van der Waals surface area (Å²) in [6, 6.07) is 5.01. The molecular weight excluding hydrogens is 304 g/mol. The number of nitrogens with two attached hydrogens (primary N) is 1. The largest absolute Gasteiger partial charge is 0.507 e. The van der Waals surface area contributed by atoms with Crippen LogP contribution in [0.15, 0.2) is 10.9 Å². The Hall–Kier alpha value is -2.96. The summed E-state index contributed by atoms with van der Waals surface area (Å²) in [5, 5.41) is 29.2. The van der Waals surface area contributed by atoms with Crippen molar-refractivity contribution in [2.75, 3.05) is 5.73 Å². The Morgan fingerprint density at radius 1 is 1.23 bits per heavy atom. The first-order valence-corrected chi connectivity index (χ1v) is 6.56. The second-order valence-electron chi connectivity index (χ2n) is 4.74. The molecule has 1 aromatic carbocycles. The molecule has 6 nitrogen and oxygen atoms in total. The Labute approximate surface area is 131 Å². The third-order valence-electron chi connectivity index (χ3n) is 3.38. The van der Waals surface area contributed by atoms with E-state index in [2.05, 4.69) is 4.98 Å². The van der Waals surface area contributed by atoms with Gasteiger partial charge in [0.1, 0.15) is 34.8 Å². The Morgan fingerprint density at radius 3 is 2.36 bits per heavy atom. The van der Waals surface area contributed by atoms with Crippen LogP contribution in [0.4, 0.5) is 5.82 Å². The van der Waals surface area contributed by atoms with E-state index in [1.807, 2.05) is 6.07 Å². The van der Waals surface area contributed by atoms with Gasteiger partial charge in [0.05, 0.1) is 0 Å². The van der Waals surface area contributed by atoms with Gasteiger partial charge in [-0.05, 0) is 31.0 Å². The number of nitrogens with one attached hydrogen (secondary N) is 1. The van der Waals surface area contributed by atoms with Gasteiger partial charge in [-0.25, -0.2) is 0 Å². The van der Waals surface area contributed by atoms with E-state index in [9.17, 15) is 20.4 Å². The van der Waals surface area contributed by atoms with Crippen molar-refractivity contribution in [3.05, 3.63) is 43.7 Å². The topological polar surface area (TPSA) is 127 Å². The zero-order valence-corrected chi connectivity index (χ0v) is 12.5. The number of nitrogens with zero attached hydrogens (tertiary/aromatic N) is 2. The molecule has 2 aromatic rings. The summed E-state index contributed by atoms with van der Waals surface area (Å²) < 4.78 is 0. The normalized spacial score (nSPS) is 10.0. The van der Waals surface area contributed by atoms with Gasteiger partial charge < -0.3 is 15.8 Å². The molecule has 0 fully saturated rings. The summed E-state index contributed by atoms with van der Waals surface area (Å²) in [5.74, 6) is -0.352. The van der Waals surface area contributed by atoms with Crippen molar-refractivity contribution < 1.29 is 5.11 Å². The molecule has 22 heavy (non-hydrogen) atoms. The molecule has 0 saturated heterocycles. The summed E-state index contributed by atoms with van der Waals surface area (Å²) >= 11 is 6.18. The van der Waals surface area contributed by atoms with Crippen molar-refractivity contribution in [3.8, 4) is 29.0 Å². The van der Waals surface area contributed by atoms with Gasteiger partial charge in [-0.1, -0.05) is 11.6 Å². The monoisotopic (exact) mass is 314 g/mol. The van der Waals surface area contributed by atoms with Gasteiger partial charge in [0.25, 0.3) is 5.56 Å². The van der Waals surface area contributed by atoms with Gasteiger partial charge in [-0.2, -0.15) is 10.5 Å². The minimum Gasteiger partial charge on any atom is -0.507 e. The number of nitriles is 2. The molecule has 0 saturated carbocycles. The molecule has 4 N–H and O–H groups in total. The maximum absolute atomic E-state index is 11.9. The van der Waals surface area contributed by atoms with Crippen LogP contribution in [0.1, 0.15) is 22.3 Å². The molecule has 0 bridgehead atoms. The number of rotatable bonds is 1. The molecule has 110 valence electrons. The number of aromatic amines is 1. The number of benzene rings is 1. The molecule has 0 spiro atoms. The fourth-order valence-electron chi connectivity index (χ4n) is 2.35. The first kappa shape index (κ1) is 15.4. The van der Waals surface area contributed by atoms with Crippen molar-refractivity contribution in [1.82, 2.24) is 4.98 Å². The number of nitrogen functional groups attached to an aromatic ring is 1. The zero-order valence-electron chi connectivity index (χ0n) is 11.8. The lowest BCUT2D eigenvalue weighted by Crippen LogP contribution is -2.16. The standard InChI is InChI=1S/C15H11ClN4O2/c1-6-3-10(21)11(7(2)13(6)16)12-8(4-17)14(19)20-15(22)9(12)5-18/h3,21H,1-2H3,(H3,19,20,22). The van der Waals surface area contributed by atoms with E-state index in [0.717, 1.165) is 0 Å². The van der Waals surface area contributed by atoms with E-state index >= 15 is 0 Å². The lowest BCUT2D eigenvalue weighted by Gasteiger charge is -2.15. The van der Waals surface area contributed by atoms with E-state index in [1.165, 1.54) is 6.07 Å². The summed E-state index contributed by atoms with van der Waals surface area (Å²) in [6.07, 6.45) is 0. The summed E-state index contributed by atoms with van der Waals surface area (Å²) in [7, 11) is 0. The molecule has 1 heterocycles. The third kappa shape index (κ3) is 2.16. The molecule has 0 amide bonds. The van der Waals surface area contributed by atoms with E-state index in [1.54, 1.807) is 19.9 Å². The highest BCUT2D eigenvalue weighted by Gasteiger charge is 2.23. The number of hydrogen-bond donors (Lipinski definition) is 3. The van der Waals surface area contributed by atoms with E-state index < -0.39 is 5.56 Å². The predicted octanol–water partition coefficient (Wildman–Crippen LogP) is 2.34. The van der Waals surface area contributed by atoms with E-state index in [-0.39, 0.29) is 33.8 Å². The van der Waals surface area contributed by atoms with Gasteiger partial charge in [0.15, 0.2) is 0 Å². The number of halogens is 1. The minimum atomic E-state index is -0.732. The van der Waals surface area contributed by atoms with Crippen LogP contribution in [0.3, 0.4) is 0 Å². The molecule has 1 aromatic heterocycles. The minimum absolute atomic E-state index is 0.0110. The summed E-state index contributed by atoms with van der Waals surface area (Å²) in [4.78, 5) is 14.2. The molecule has 0 aliphatic heterocycles. The Morgan fingerprint density at radius 2 is 1.82 bits per heavy atom. The molecule has 0 unspecified atom stereocenters. The first-order valence-electron chi connectivity index (χ1n) is 6.18. The highest BCUT2D eigenvalue weighted by molar-refractivity contribution is 6.32. The SMILES string of the molecule is Cc1cc(O)c(-c2c(C#N)c(N)[nH]c(=O)c2C#N)c(C)c1Cl. The Balaban J connectivity index is 3.10. The lowest BCUT2D eigenvalue weighted by atomic mass is 9.91. The fourth-order valence-corrected chi connectivity index (χ4v) is 2.50. The Bertz CT molecular complexity index is 933. The summed E-state index contributed by atoms with van der Waals surface area (Å²) in [5.41, 5.74) is 5.77. The molecular formula is C15H11ClN4O2. The number of aromatic nitrogens is 1. The number of hydrogen-bond acceptors (Lipinski definition) is 5. The maximum Gasteiger partial charge on any atom is 0.268 e. The second kappa shape index (κ2) is 5.44. The number of anilines is 1. The van der Waals surface area contributed by atoms with Gasteiger partial charge in [0, 0.05) is 16.1 Å². The van der Waals surface area contributed by atoms with Crippen LogP contribution < -0.4 is 11.3 Å². The van der Waals surface area contributed by atoms with Gasteiger partial charge in [-0.3, -0.25) is 4.79 Å². The third-order valence-corrected chi connectivity index (χ3v) is 3.96. The van der Waals surface area contributed by atoms with Gasteiger partial charge in [0.2, 0.25) is 0 Å². The molecule has 0 atom stereocenters. The Kier molecular flexibility index (Phi) is 3.81. The van der Waals surface area contributed by atoms with Crippen LogP contribution in [0, 0.1) is 36.5 Å². The van der Waals surface area contributed by atoms with Crippen LogP contribution >= 0.6 is 11.6 Å².